The Morgan fingerprint density at radius 2 is 2.44 bits per heavy atom. The van der Waals surface area contributed by atoms with Crippen molar-refractivity contribution in [1.29, 1.82) is 0 Å². The van der Waals surface area contributed by atoms with Crippen LogP contribution < -0.4 is 5.32 Å². The third kappa shape index (κ3) is 3.46. The van der Waals surface area contributed by atoms with Crippen LogP contribution in [0.2, 0.25) is 0 Å². The summed E-state index contributed by atoms with van der Waals surface area (Å²) < 4.78 is 1.73. The molecule has 1 aromatic rings. The Balaban J connectivity index is 1.67. The van der Waals surface area contributed by atoms with Crippen LogP contribution in [-0.2, 0) is 13.6 Å². The highest BCUT2D eigenvalue weighted by atomic mass is 35.5. The molecule has 2 atom stereocenters. The topological polar surface area (TPSA) is 42.7 Å². The molecule has 0 saturated heterocycles. The predicted molar refractivity (Wildman–Crippen MR) is 64.3 cm³/mol. The number of rotatable bonds is 4. The summed E-state index contributed by atoms with van der Waals surface area (Å²) in [6.07, 6.45) is 6.85. The van der Waals surface area contributed by atoms with Gasteiger partial charge in [0.05, 0.1) is 5.69 Å². The number of hydrogen-bond donors (Lipinski definition) is 1. The summed E-state index contributed by atoms with van der Waals surface area (Å²) in [6, 6.07) is 0. The van der Waals surface area contributed by atoms with E-state index in [0.29, 0.717) is 5.38 Å². The van der Waals surface area contributed by atoms with Crippen molar-refractivity contribution in [3.8, 4) is 0 Å². The van der Waals surface area contributed by atoms with Crippen molar-refractivity contribution in [2.75, 3.05) is 6.54 Å². The van der Waals surface area contributed by atoms with Crippen LogP contribution in [0.1, 0.15) is 31.4 Å². The van der Waals surface area contributed by atoms with E-state index in [2.05, 4.69) is 15.6 Å². The number of nitrogens with one attached hydrogen (secondary N) is 1. The van der Waals surface area contributed by atoms with E-state index in [4.69, 9.17) is 11.6 Å². The zero-order valence-electron chi connectivity index (χ0n) is 9.69. The van der Waals surface area contributed by atoms with Crippen LogP contribution in [0, 0.1) is 5.92 Å². The normalized spacial score (nSPS) is 25.9. The minimum Gasteiger partial charge on any atom is -0.311 e. The molecule has 1 fully saturated rings. The third-order valence-corrected chi connectivity index (χ3v) is 3.50. The minimum atomic E-state index is 0.386. The molecule has 1 saturated carbocycles. The second-order valence-electron chi connectivity index (χ2n) is 4.64. The van der Waals surface area contributed by atoms with Gasteiger partial charge in [0.2, 0.25) is 0 Å². The van der Waals surface area contributed by atoms with E-state index in [0.717, 1.165) is 31.1 Å². The smallest absolute Gasteiger partial charge is 0.0964 e. The van der Waals surface area contributed by atoms with Gasteiger partial charge in [0.1, 0.15) is 0 Å². The molecule has 16 heavy (non-hydrogen) atoms. The van der Waals surface area contributed by atoms with Crippen molar-refractivity contribution >= 4 is 11.6 Å². The Morgan fingerprint density at radius 3 is 3.12 bits per heavy atom. The molecule has 5 heteroatoms. The van der Waals surface area contributed by atoms with E-state index in [1.54, 1.807) is 4.68 Å². The lowest BCUT2D eigenvalue weighted by atomic mass is 9.89. The summed E-state index contributed by atoms with van der Waals surface area (Å²) in [7, 11) is 1.88. The molecule has 0 aromatic carbocycles. The van der Waals surface area contributed by atoms with E-state index < -0.39 is 0 Å². The highest BCUT2D eigenvalue weighted by Gasteiger charge is 2.19. The van der Waals surface area contributed by atoms with E-state index in [1.165, 1.54) is 19.3 Å². The van der Waals surface area contributed by atoms with Crippen LogP contribution in [0.25, 0.3) is 0 Å². The van der Waals surface area contributed by atoms with Crippen LogP contribution >= 0.6 is 11.6 Å². The third-order valence-electron chi connectivity index (χ3n) is 3.11. The Bertz CT molecular complexity index is 326. The van der Waals surface area contributed by atoms with Gasteiger partial charge >= 0.3 is 0 Å². The van der Waals surface area contributed by atoms with Gasteiger partial charge in [-0.2, -0.15) is 0 Å². The molecule has 1 aliphatic carbocycles. The summed E-state index contributed by atoms with van der Waals surface area (Å²) in [4.78, 5) is 0. The highest BCUT2D eigenvalue weighted by molar-refractivity contribution is 6.20. The molecule has 0 bridgehead atoms. The van der Waals surface area contributed by atoms with Crippen LogP contribution in [0.3, 0.4) is 0 Å². The Hall–Kier alpha value is -0.610. The quantitative estimate of drug-likeness (QED) is 0.818. The predicted octanol–water partition coefficient (Wildman–Crippen LogP) is 1.70. The molecule has 0 radical (unpaired) electrons. The van der Waals surface area contributed by atoms with Gasteiger partial charge in [-0.25, -0.2) is 0 Å². The van der Waals surface area contributed by atoms with Crippen LogP contribution in [0.4, 0.5) is 0 Å². The van der Waals surface area contributed by atoms with E-state index in [9.17, 15) is 0 Å². The zero-order chi connectivity index (χ0) is 11.4. The summed E-state index contributed by atoms with van der Waals surface area (Å²) >= 11 is 6.16. The van der Waals surface area contributed by atoms with Gasteiger partial charge in [0.15, 0.2) is 0 Å². The first-order chi connectivity index (χ1) is 7.74. The molecular formula is C11H19ClN4. The Kier molecular flexibility index (Phi) is 4.18. The van der Waals surface area contributed by atoms with Crippen molar-refractivity contribution in [2.45, 2.75) is 37.6 Å². The SMILES string of the molecule is Cn1cc(CNCC2CCCC(Cl)C2)nn1. The molecule has 0 spiro atoms. The first-order valence-corrected chi connectivity index (χ1v) is 6.37. The molecule has 4 nitrogen and oxygen atoms in total. The summed E-state index contributed by atoms with van der Waals surface area (Å²) in [5.74, 6) is 0.730. The van der Waals surface area contributed by atoms with Gasteiger partial charge in [-0.15, -0.1) is 16.7 Å². The monoisotopic (exact) mass is 242 g/mol. The fourth-order valence-corrected chi connectivity index (χ4v) is 2.70. The lowest BCUT2D eigenvalue weighted by molar-refractivity contribution is 0.345. The summed E-state index contributed by atoms with van der Waals surface area (Å²) in [5, 5.41) is 11.8. The number of nitrogens with zero attached hydrogens (tertiary/aromatic N) is 3. The van der Waals surface area contributed by atoms with E-state index >= 15 is 0 Å². The van der Waals surface area contributed by atoms with Crippen LogP contribution in [-0.4, -0.2) is 26.9 Å². The molecular weight excluding hydrogens is 224 g/mol. The van der Waals surface area contributed by atoms with Crippen molar-refractivity contribution in [1.82, 2.24) is 20.3 Å². The summed E-state index contributed by atoms with van der Waals surface area (Å²) in [6.45, 7) is 1.84. The Labute approximate surface area is 101 Å². The molecule has 2 rings (SSSR count). The first kappa shape index (κ1) is 11.9. The zero-order valence-corrected chi connectivity index (χ0v) is 10.5. The lowest BCUT2D eigenvalue weighted by Crippen LogP contribution is -2.27. The molecule has 0 aliphatic heterocycles. The molecule has 1 N–H and O–H groups in total. The van der Waals surface area contributed by atoms with Gasteiger partial charge in [0, 0.05) is 25.2 Å². The van der Waals surface area contributed by atoms with Crippen molar-refractivity contribution < 1.29 is 0 Å². The van der Waals surface area contributed by atoms with Gasteiger partial charge in [0.25, 0.3) is 0 Å². The number of alkyl halides is 1. The van der Waals surface area contributed by atoms with Crippen LogP contribution in [0.5, 0.6) is 0 Å². The molecule has 1 heterocycles. The highest BCUT2D eigenvalue weighted by Crippen LogP contribution is 2.27. The maximum absolute atomic E-state index is 6.16. The second kappa shape index (κ2) is 5.64. The minimum absolute atomic E-state index is 0.386. The maximum atomic E-state index is 6.16. The number of aryl methyl sites for hydroxylation is 1. The largest absolute Gasteiger partial charge is 0.311 e. The number of halogens is 1. The van der Waals surface area contributed by atoms with Gasteiger partial charge in [-0.05, 0) is 31.7 Å². The first-order valence-electron chi connectivity index (χ1n) is 5.94. The number of aromatic nitrogens is 3. The molecule has 1 aliphatic rings. The fraction of sp³-hybridized carbons (Fsp3) is 0.818. The molecule has 2 unspecified atom stereocenters. The van der Waals surface area contributed by atoms with Gasteiger partial charge in [-0.3, -0.25) is 4.68 Å². The standard InChI is InChI=1S/C11H19ClN4/c1-16-8-11(14-15-16)7-13-6-9-3-2-4-10(12)5-9/h8-10,13H,2-7H2,1H3. The van der Waals surface area contributed by atoms with Gasteiger partial charge < -0.3 is 5.32 Å². The van der Waals surface area contributed by atoms with Gasteiger partial charge in [-0.1, -0.05) is 11.6 Å². The van der Waals surface area contributed by atoms with Crippen LogP contribution in [0.15, 0.2) is 6.20 Å². The van der Waals surface area contributed by atoms with Crippen molar-refractivity contribution in [3.05, 3.63) is 11.9 Å². The Morgan fingerprint density at radius 1 is 1.56 bits per heavy atom. The second-order valence-corrected chi connectivity index (χ2v) is 5.26. The van der Waals surface area contributed by atoms with E-state index in [1.807, 2.05) is 13.2 Å². The molecule has 1 aromatic heterocycles. The lowest BCUT2D eigenvalue weighted by Gasteiger charge is -2.25. The average molecular weight is 243 g/mol. The van der Waals surface area contributed by atoms with E-state index in [-0.39, 0.29) is 0 Å². The summed E-state index contributed by atoms with van der Waals surface area (Å²) in [5.41, 5.74) is 1.00. The number of hydrogen-bond acceptors (Lipinski definition) is 3. The van der Waals surface area contributed by atoms with Crippen molar-refractivity contribution in [3.63, 3.8) is 0 Å². The molecule has 90 valence electrons. The van der Waals surface area contributed by atoms with Crippen molar-refractivity contribution in [2.24, 2.45) is 13.0 Å². The fourth-order valence-electron chi connectivity index (χ4n) is 2.29. The average Bonchev–Trinajstić information content (AvgIpc) is 2.64. The molecule has 0 amide bonds. The maximum Gasteiger partial charge on any atom is 0.0964 e.